The van der Waals surface area contributed by atoms with Gasteiger partial charge in [-0.15, -0.1) is 0 Å². The van der Waals surface area contributed by atoms with Crippen LogP contribution in [-0.2, 0) is 21.2 Å². The Morgan fingerprint density at radius 3 is 2.42 bits per heavy atom. The van der Waals surface area contributed by atoms with Gasteiger partial charge in [-0.05, 0) is 43.3 Å². The first-order valence-electron chi connectivity index (χ1n) is 9.24. The third-order valence-corrected chi connectivity index (χ3v) is 5.66. The van der Waals surface area contributed by atoms with Gasteiger partial charge in [-0.1, -0.05) is 6.07 Å². The number of nitrogens with one attached hydrogen (secondary N) is 2. The lowest BCUT2D eigenvalue weighted by Crippen LogP contribution is -2.16. The Bertz CT molecular complexity index is 1180. The summed E-state index contributed by atoms with van der Waals surface area (Å²) in [5.74, 6) is 0.888. The Kier molecular flexibility index (Phi) is 6.71. The first kappa shape index (κ1) is 22.0. The second kappa shape index (κ2) is 9.43. The van der Waals surface area contributed by atoms with Crippen LogP contribution in [0.5, 0.6) is 11.5 Å². The van der Waals surface area contributed by atoms with E-state index in [0.29, 0.717) is 28.4 Å². The van der Waals surface area contributed by atoms with Crippen LogP contribution in [0.2, 0.25) is 0 Å². The number of anilines is 2. The largest absolute Gasteiger partial charge is 0.497 e. The van der Waals surface area contributed by atoms with Gasteiger partial charge in [-0.2, -0.15) is 0 Å². The molecule has 0 aliphatic rings. The molecule has 9 nitrogen and oxygen atoms in total. The van der Waals surface area contributed by atoms with Crippen LogP contribution in [0.25, 0.3) is 0 Å². The summed E-state index contributed by atoms with van der Waals surface area (Å²) in [4.78, 5) is 20.4. The van der Waals surface area contributed by atoms with Gasteiger partial charge in [0.15, 0.2) is 0 Å². The minimum Gasteiger partial charge on any atom is -0.497 e. The molecule has 1 amide bonds. The van der Waals surface area contributed by atoms with E-state index in [1.807, 2.05) is 0 Å². The van der Waals surface area contributed by atoms with Gasteiger partial charge in [0, 0.05) is 29.2 Å². The first-order chi connectivity index (χ1) is 14.8. The van der Waals surface area contributed by atoms with Gasteiger partial charge in [0.05, 0.1) is 25.5 Å². The lowest BCUT2D eigenvalue weighted by Gasteiger charge is -2.11. The number of hydrogen-bond acceptors (Lipinski definition) is 7. The number of nitrogens with zero attached hydrogens (tertiary/aromatic N) is 2. The zero-order chi connectivity index (χ0) is 22.4. The average molecular weight is 442 g/mol. The van der Waals surface area contributed by atoms with Crippen molar-refractivity contribution < 1.29 is 22.7 Å². The van der Waals surface area contributed by atoms with Gasteiger partial charge in [-0.3, -0.25) is 4.79 Å². The molecule has 0 spiro atoms. The van der Waals surface area contributed by atoms with Crippen LogP contribution in [0.4, 0.5) is 11.6 Å². The summed E-state index contributed by atoms with van der Waals surface area (Å²) in [6.45, 7) is 1.73. The molecule has 0 bridgehead atoms. The first-order valence-corrected chi connectivity index (χ1v) is 10.7. The fourth-order valence-corrected chi connectivity index (χ4v) is 3.72. The van der Waals surface area contributed by atoms with Crippen molar-refractivity contribution in [3.05, 3.63) is 66.0 Å². The molecule has 3 aromatic rings. The van der Waals surface area contributed by atoms with E-state index in [2.05, 4.69) is 20.0 Å². The van der Waals surface area contributed by atoms with Gasteiger partial charge in [0.25, 0.3) is 10.0 Å². The van der Waals surface area contributed by atoms with Crippen LogP contribution in [0, 0.1) is 6.92 Å². The number of aromatic nitrogens is 2. The number of aryl methyl sites for hydroxylation is 1. The summed E-state index contributed by atoms with van der Waals surface area (Å²) in [6, 6.07) is 12.7. The van der Waals surface area contributed by atoms with Gasteiger partial charge >= 0.3 is 0 Å². The number of benzene rings is 2. The Morgan fingerprint density at radius 2 is 1.77 bits per heavy atom. The van der Waals surface area contributed by atoms with Crippen LogP contribution in [0.3, 0.4) is 0 Å². The van der Waals surface area contributed by atoms with Crippen molar-refractivity contribution in [1.29, 1.82) is 0 Å². The molecule has 0 saturated heterocycles. The Labute approximate surface area is 180 Å². The molecule has 0 fully saturated rings. The fraction of sp³-hybridized carbons (Fsp3) is 0.190. The molecule has 10 heteroatoms. The molecular weight excluding hydrogens is 420 g/mol. The fourth-order valence-electron chi connectivity index (χ4n) is 2.77. The van der Waals surface area contributed by atoms with E-state index in [-0.39, 0.29) is 23.2 Å². The maximum absolute atomic E-state index is 12.5. The van der Waals surface area contributed by atoms with E-state index in [0.717, 1.165) is 0 Å². The van der Waals surface area contributed by atoms with Crippen molar-refractivity contribution in [1.82, 2.24) is 9.97 Å². The summed E-state index contributed by atoms with van der Waals surface area (Å²) >= 11 is 0. The standard InChI is InChI=1S/C21H22N4O5S/c1-14-10-11-22-21(23-14)25-31(27,28)18-8-5-16(6-9-18)24-20(26)12-15-4-7-17(29-2)13-19(15)30-3/h4-11,13H,12H2,1-3H3,(H,24,26)(H,22,23,25). The van der Waals surface area contributed by atoms with E-state index >= 15 is 0 Å². The van der Waals surface area contributed by atoms with E-state index in [1.165, 1.54) is 37.6 Å². The van der Waals surface area contributed by atoms with Crippen LogP contribution < -0.4 is 19.5 Å². The van der Waals surface area contributed by atoms with Crippen LogP contribution in [0.15, 0.2) is 59.6 Å². The molecule has 0 radical (unpaired) electrons. The Morgan fingerprint density at radius 1 is 1.03 bits per heavy atom. The topological polar surface area (TPSA) is 120 Å². The van der Waals surface area contributed by atoms with Crippen molar-refractivity contribution in [3.63, 3.8) is 0 Å². The monoisotopic (exact) mass is 442 g/mol. The summed E-state index contributed by atoms with van der Waals surface area (Å²) in [5, 5.41) is 2.74. The highest BCUT2D eigenvalue weighted by atomic mass is 32.2. The molecule has 162 valence electrons. The minimum atomic E-state index is -3.86. The maximum Gasteiger partial charge on any atom is 0.264 e. The highest BCUT2D eigenvalue weighted by molar-refractivity contribution is 7.92. The number of amides is 1. The molecule has 0 atom stereocenters. The smallest absolute Gasteiger partial charge is 0.264 e. The molecule has 0 saturated carbocycles. The van der Waals surface area contributed by atoms with E-state index in [4.69, 9.17) is 9.47 Å². The van der Waals surface area contributed by atoms with E-state index in [1.54, 1.807) is 38.3 Å². The SMILES string of the molecule is COc1ccc(CC(=O)Nc2ccc(S(=O)(=O)Nc3nccc(C)n3)cc2)c(OC)c1. The lowest BCUT2D eigenvalue weighted by atomic mass is 10.1. The van der Waals surface area contributed by atoms with E-state index in [9.17, 15) is 13.2 Å². The van der Waals surface area contributed by atoms with E-state index < -0.39 is 10.0 Å². The third kappa shape index (κ3) is 5.70. The molecule has 2 aromatic carbocycles. The number of hydrogen-bond donors (Lipinski definition) is 2. The number of ether oxygens (including phenoxy) is 2. The van der Waals surface area contributed by atoms with Gasteiger partial charge in [0.1, 0.15) is 11.5 Å². The van der Waals surface area contributed by atoms with Gasteiger partial charge in [-0.25, -0.2) is 23.1 Å². The zero-order valence-electron chi connectivity index (χ0n) is 17.2. The average Bonchev–Trinajstić information content (AvgIpc) is 2.74. The highest BCUT2D eigenvalue weighted by Crippen LogP contribution is 2.25. The van der Waals surface area contributed by atoms with Crippen LogP contribution in [-0.4, -0.2) is 38.5 Å². The Balaban J connectivity index is 1.67. The van der Waals surface area contributed by atoms with Crippen molar-refractivity contribution in [2.75, 3.05) is 24.3 Å². The predicted molar refractivity (Wildman–Crippen MR) is 116 cm³/mol. The number of rotatable bonds is 8. The Hall–Kier alpha value is -3.66. The summed E-state index contributed by atoms with van der Waals surface area (Å²) in [7, 11) is -0.787. The number of sulfonamides is 1. The molecular formula is C21H22N4O5S. The van der Waals surface area contributed by atoms with Crippen LogP contribution in [0.1, 0.15) is 11.3 Å². The predicted octanol–water partition coefficient (Wildman–Crippen LogP) is 2.78. The van der Waals surface area contributed by atoms with Crippen molar-refractivity contribution in [2.24, 2.45) is 0 Å². The summed E-state index contributed by atoms with van der Waals surface area (Å²) in [5.41, 5.74) is 1.80. The van der Waals surface area contributed by atoms with Gasteiger partial charge in [0.2, 0.25) is 11.9 Å². The maximum atomic E-state index is 12.5. The summed E-state index contributed by atoms with van der Waals surface area (Å²) in [6.07, 6.45) is 1.55. The highest BCUT2D eigenvalue weighted by Gasteiger charge is 2.16. The van der Waals surface area contributed by atoms with Gasteiger partial charge < -0.3 is 14.8 Å². The molecule has 3 rings (SSSR count). The number of methoxy groups -OCH3 is 2. The number of carbonyl (C=O) groups is 1. The molecule has 1 heterocycles. The molecule has 0 aliphatic heterocycles. The molecule has 1 aromatic heterocycles. The molecule has 0 unspecified atom stereocenters. The molecule has 2 N–H and O–H groups in total. The normalized spacial score (nSPS) is 10.9. The van der Waals surface area contributed by atoms with Crippen molar-refractivity contribution in [3.8, 4) is 11.5 Å². The van der Waals surface area contributed by atoms with Crippen molar-refractivity contribution >= 4 is 27.6 Å². The zero-order valence-corrected chi connectivity index (χ0v) is 18.1. The van der Waals surface area contributed by atoms with Crippen molar-refractivity contribution in [2.45, 2.75) is 18.2 Å². The minimum absolute atomic E-state index is 0.00850. The number of carbonyl (C=O) groups excluding carboxylic acids is 1. The lowest BCUT2D eigenvalue weighted by molar-refractivity contribution is -0.115. The second-order valence-corrected chi connectivity index (χ2v) is 8.24. The molecule has 31 heavy (non-hydrogen) atoms. The van der Waals surface area contributed by atoms with Crippen LogP contribution >= 0.6 is 0 Å². The quantitative estimate of drug-likeness (QED) is 0.550. The second-order valence-electron chi connectivity index (χ2n) is 6.55. The third-order valence-electron chi connectivity index (χ3n) is 4.31. The summed E-state index contributed by atoms with van der Waals surface area (Å²) < 4.78 is 37.8. The molecule has 0 aliphatic carbocycles.